The Kier molecular flexibility index (Phi) is 6.11. The van der Waals surface area contributed by atoms with E-state index in [4.69, 9.17) is 9.47 Å². The molecule has 2 aromatic rings. The van der Waals surface area contributed by atoms with Gasteiger partial charge in [0.15, 0.2) is 0 Å². The Bertz CT molecular complexity index is 952. The molecule has 1 saturated heterocycles. The predicted molar refractivity (Wildman–Crippen MR) is 114 cm³/mol. The molecule has 2 aromatic carbocycles. The monoisotopic (exact) mass is 407 g/mol. The lowest BCUT2D eigenvalue weighted by molar-refractivity contribution is -0.137. The molecule has 0 atom stereocenters. The third kappa shape index (κ3) is 4.22. The molecule has 1 N–H and O–H groups in total. The second-order valence-electron chi connectivity index (χ2n) is 7.19. The Morgan fingerprint density at radius 1 is 0.967 bits per heavy atom. The number of amides is 2. The summed E-state index contributed by atoms with van der Waals surface area (Å²) in [6, 6.07) is 16.6. The summed E-state index contributed by atoms with van der Waals surface area (Å²) in [6.45, 7) is 3.96. The summed E-state index contributed by atoms with van der Waals surface area (Å²) in [6.07, 6.45) is 0. The predicted octanol–water partition coefficient (Wildman–Crippen LogP) is 2.22. The maximum atomic E-state index is 13.3. The SMILES string of the molecule is COc1cccc(NC2=C(c3ccccc3)C(=O)N(CCN3CCOCC3)C2=O)c1. The number of methoxy groups -OCH3 is 1. The van der Waals surface area contributed by atoms with Crippen molar-refractivity contribution in [3.63, 3.8) is 0 Å². The van der Waals surface area contributed by atoms with Gasteiger partial charge in [-0.15, -0.1) is 0 Å². The first-order valence-electron chi connectivity index (χ1n) is 10.0. The summed E-state index contributed by atoms with van der Waals surface area (Å²) in [4.78, 5) is 30.0. The molecule has 0 spiro atoms. The number of imide groups is 1. The van der Waals surface area contributed by atoms with Crippen LogP contribution in [-0.2, 0) is 14.3 Å². The standard InChI is InChI=1S/C23H25N3O4/c1-29-19-9-5-8-18(16-19)24-21-20(17-6-3-2-4-7-17)22(27)26(23(21)28)11-10-25-12-14-30-15-13-25/h2-9,16,24H,10-15H2,1H3. The van der Waals surface area contributed by atoms with Crippen molar-refractivity contribution in [3.05, 3.63) is 65.9 Å². The van der Waals surface area contributed by atoms with Crippen molar-refractivity contribution in [2.75, 3.05) is 51.8 Å². The van der Waals surface area contributed by atoms with E-state index in [0.717, 1.165) is 18.7 Å². The van der Waals surface area contributed by atoms with Crippen LogP contribution in [-0.4, -0.2) is 68.1 Å². The molecule has 7 heteroatoms. The summed E-state index contributed by atoms with van der Waals surface area (Å²) in [5.41, 5.74) is 2.09. The number of hydrogen-bond acceptors (Lipinski definition) is 6. The van der Waals surface area contributed by atoms with E-state index in [2.05, 4.69) is 10.2 Å². The van der Waals surface area contributed by atoms with Gasteiger partial charge in [-0.3, -0.25) is 19.4 Å². The van der Waals surface area contributed by atoms with Gasteiger partial charge in [-0.05, 0) is 17.7 Å². The Morgan fingerprint density at radius 3 is 2.47 bits per heavy atom. The van der Waals surface area contributed by atoms with Crippen molar-refractivity contribution in [2.45, 2.75) is 0 Å². The van der Waals surface area contributed by atoms with Gasteiger partial charge in [-0.25, -0.2) is 0 Å². The molecule has 0 bridgehead atoms. The first kappa shape index (κ1) is 20.1. The fourth-order valence-corrected chi connectivity index (χ4v) is 3.68. The molecule has 1 fully saturated rings. The summed E-state index contributed by atoms with van der Waals surface area (Å²) in [5.74, 6) is 0.0857. The second-order valence-corrected chi connectivity index (χ2v) is 7.19. The van der Waals surface area contributed by atoms with E-state index >= 15 is 0 Å². The first-order chi connectivity index (χ1) is 14.7. The molecule has 2 aliphatic rings. The van der Waals surface area contributed by atoms with Crippen LogP contribution in [0.2, 0.25) is 0 Å². The molecule has 0 radical (unpaired) electrons. The van der Waals surface area contributed by atoms with Crippen LogP contribution in [0.15, 0.2) is 60.3 Å². The van der Waals surface area contributed by atoms with Crippen LogP contribution in [0.5, 0.6) is 5.75 Å². The molecule has 0 unspecified atom stereocenters. The minimum atomic E-state index is -0.310. The number of ether oxygens (including phenoxy) is 2. The van der Waals surface area contributed by atoms with E-state index in [1.165, 1.54) is 4.90 Å². The fraction of sp³-hybridized carbons (Fsp3) is 0.304. The molecule has 0 aromatic heterocycles. The lowest BCUT2D eigenvalue weighted by Crippen LogP contribution is -2.43. The maximum absolute atomic E-state index is 13.3. The van der Waals surface area contributed by atoms with Crippen molar-refractivity contribution in [2.24, 2.45) is 0 Å². The van der Waals surface area contributed by atoms with Gasteiger partial charge < -0.3 is 14.8 Å². The minimum absolute atomic E-state index is 0.273. The Labute approximate surface area is 175 Å². The van der Waals surface area contributed by atoms with Crippen molar-refractivity contribution in [1.29, 1.82) is 0 Å². The highest BCUT2D eigenvalue weighted by molar-refractivity contribution is 6.36. The normalized spacial score (nSPS) is 17.6. The average Bonchev–Trinajstić information content (AvgIpc) is 3.02. The molecule has 2 aliphatic heterocycles. The summed E-state index contributed by atoms with van der Waals surface area (Å²) >= 11 is 0. The largest absolute Gasteiger partial charge is 0.497 e. The highest BCUT2D eigenvalue weighted by Crippen LogP contribution is 2.31. The molecule has 0 saturated carbocycles. The summed E-state index contributed by atoms with van der Waals surface area (Å²) < 4.78 is 10.6. The number of nitrogens with zero attached hydrogens (tertiary/aromatic N) is 2. The van der Waals surface area contributed by atoms with E-state index in [9.17, 15) is 9.59 Å². The van der Waals surface area contributed by atoms with Crippen molar-refractivity contribution >= 4 is 23.1 Å². The Morgan fingerprint density at radius 2 is 1.73 bits per heavy atom. The molecular formula is C23H25N3O4. The fourth-order valence-electron chi connectivity index (χ4n) is 3.68. The van der Waals surface area contributed by atoms with Gasteiger partial charge in [0, 0.05) is 37.9 Å². The average molecular weight is 407 g/mol. The molecule has 2 amide bonds. The zero-order chi connectivity index (χ0) is 20.9. The van der Waals surface area contributed by atoms with Crippen LogP contribution in [0, 0.1) is 0 Å². The van der Waals surface area contributed by atoms with Crippen LogP contribution >= 0.6 is 0 Å². The quantitative estimate of drug-likeness (QED) is 0.710. The number of hydrogen-bond donors (Lipinski definition) is 1. The van der Waals surface area contributed by atoms with E-state index in [0.29, 0.717) is 49.0 Å². The van der Waals surface area contributed by atoms with Crippen LogP contribution in [0.4, 0.5) is 5.69 Å². The Hall–Kier alpha value is -3.16. The van der Waals surface area contributed by atoms with Gasteiger partial charge in [0.2, 0.25) is 0 Å². The van der Waals surface area contributed by atoms with Crippen molar-refractivity contribution in [3.8, 4) is 5.75 Å². The maximum Gasteiger partial charge on any atom is 0.278 e. The third-order valence-electron chi connectivity index (χ3n) is 5.31. The van der Waals surface area contributed by atoms with Crippen molar-refractivity contribution < 1.29 is 19.1 Å². The number of carbonyl (C=O) groups excluding carboxylic acids is 2. The van der Waals surface area contributed by atoms with E-state index in [-0.39, 0.29) is 11.8 Å². The number of carbonyl (C=O) groups is 2. The van der Waals surface area contributed by atoms with Crippen LogP contribution in [0.3, 0.4) is 0 Å². The molecular weight excluding hydrogens is 382 g/mol. The van der Waals surface area contributed by atoms with E-state index in [1.54, 1.807) is 13.2 Å². The minimum Gasteiger partial charge on any atom is -0.497 e. The van der Waals surface area contributed by atoms with Gasteiger partial charge in [0.05, 0.1) is 25.9 Å². The molecule has 0 aliphatic carbocycles. The van der Waals surface area contributed by atoms with E-state index in [1.807, 2.05) is 48.5 Å². The smallest absolute Gasteiger partial charge is 0.278 e. The van der Waals surface area contributed by atoms with Crippen LogP contribution in [0.25, 0.3) is 5.57 Å². The number of anilines is 1. The van der Waals surface area contributed by atoms with Gasteiger partial charge in [0.25, 0.3) is 11.8 Å². The third-order valence-corrected chi connectivity index (χ3v) is 5.31. The number of benzene rings is 2. The molecule has 7 nitrogen and oxygen atoms in total. The van der Waals surface area contributed by atoms with Gasteiger partial charge >= 0.3 is 0 Å². The topological polar surface area (TPSA) is 71.1 Å². The van der Waals surface area contributed by atoms with Crippen molar-refractivity contribution in [1.82, 2.24) is 9.80 Å². The van der Waals surface area contributed by atoms with Crippen LogP contribution in [0.1, 0.15) is 5.56 Å². The first-order valence-corrected chi connectivity index (χ1v) is 10.0. The zero-order valence-electron chi connectivity index (χ0n) is 17.0. The van der Waals surface area contributed by atoms with Crippen LogP contribution < -0.4 is 10.1 Å². The highest BCUT2D eigenvalue weighted by Gasteiger charge is 2.39. The number of nitrogens with one attached hydrogen (secondary N) is 1. The molecule has 30 heavy (non-hydrogen) atoms. The zero-order valence-corrected chi connectivity index (χ0v) is 17.0. The lowest BCUT2D eigenvalue weighted by atomic mass is 10.0. The number of morpholine rings is 1. The molecule has 4 rings (SSSR count). The summed E-state index contributed by atoms with van der Waals surface area (Å²) in [5, 5.41) is 3.17. The molecule has 156 valence electrons. The highest BCUT2D eigenvalue weighted by atomic mass is 16.5. The van der Waals surface area contributed by atoms with Gasteiger partial charge in [-0.1, -0.05) is 36.4 Å². The number of rotatable bonds is 7. The van der Waals surface area contributed by atoms with Gasteiger partial charge in [0.1, 0.15) is 11.4 Å². The molecule has 2 heterocycles. The van der Waals surface area contributed by atoms with Gasteiger partial charge in [-0.2, -0.15) is 0 Å². The van der Waals surface area contributed by atoms with E-state index < -0.39 is 0 Å². The summed E-state index contributed by atoms with van der Waals surface area (Å²) in [7, 11) is 1.59. The Balaban J connectivity index is 1.61. The lowest BCUT2D eigenvalue weighted by Gasteiger charge is -2.28. The second kappa shape index (κ2) is 9.11.